The van der Waals surface area contributed by atoms with Gasteiger partial charge in [-0.2, -0.15) is 0 Å². The number of furan rings is 1. The van der Waals surface area contributed by atoms with E-state index in [0.29, 0.717) is 11.3 Å². The zero-order valence-electron chi connectivity index (χ0n) is 18.6. The van der Waals surface area contributed by atoms with Crippen molar-refractivity contribution in [3.05, 3.63) is 103 Å². The lowest BCUT2D eigenvalue weighted by atomic mass is 10.0. The molecule has 0 bridgehead atoms. The average Bonchev–Trinajstić information content (AvgIpc) is 3.63. The SMILES string of the molecule is O=C(OC1(C#Cc2ccco2)CCCC1)c1ccc(-[s+]2c3ccccc3c3ccccc32)cc1. The van der Waals surface area contributed by atoms with Gasteiger partial charge in [-0.25, -0.2) is 4.79 Å². The fourth-order valence-electron chi connectivity index (χ4n) is 4.79. The molecule has 34 heavy (non-hydrogen) atoms. The zero-order valence-corrected chi connectivity index (χ0v) is 19.4. The van der Waals surface area contributed by atoms with Crippen molar-refractivity contribution in [3.63, 3.8) is 0 Å². The molecule has 5 aromatic rings. The number of carbonyl (C=O) groups excluding carboxylic acids is 1. The van der Waals surface area contributed by atoms with Crippen LogP contribution in [0.25, 0.3) is 25.1 Å². The van der Waals surface area contributed by atoms with Crippen LogP contribution >= 0.6 is 10.5 Å². The number of fused-ring (bicyclic) bond motifs is 3. The molecule has 1 saturated carbocycles. The molecule has 6 rings (SSSR count). The number of hydrogen-bond acceptors (Lipinski definition) is 3. The molecular formula is C30H23O3S+. The van der Waals surface area contributed by atoms with Gasteiger partial charge >= 0.3 is 5.97 Å². The number of rotatable bonds is 3. The van der Waals surface area contributed by atoms with Gasteiger partial charge in [0, 0.05) is 21.2 Å². The third kappa shape index (κ3) is 3.69. The second-order valence-electron chi connectivity index (χ2n) is 8.64. The minimum atomic E-state index is -0.742. The van der Waals surface area contributed by atoms with E-state index in [0.717, 1.165) is 25.7 Å². The highest BCUT2D eigenvalue weighted by Crippen LogP contribution is 2.48. The molecule has 0 spiro atoms. The van der Waals surface area contributed by atoms with Crippen molar-refractivity contribution >= 4 is 36.6 Å². The third-order valence-corrected chi connectivity index (χ3v) is 8.80. The van der Waals surface area contributed by atoms with Crippen molar-refractivity contribution < 1.29 is 13.9 Å². The van der Waals surface area contributed by atoms with E-state index in [1.807, 2.05) is 18.2 Å². The standard InChI is InChI=1S/C30H23O3S/c31-29(33-30(18-5-6-19-30)20-17-23-8-7-21-32-23)22-13-15-24(16-14-22)34-27-11-3-1-9-25(27)26-10-2-4-12-28(26)34/h1-4,7-16,21H,5-6,18-19H2/q+1. The summed E-state index contributed by atoms with van der Waals surface area (Å²) < 4.78 is 14.0. The maximum absolute atomic E-state index is 13.1. The number of ether oxygens (including phenoxy) is 1. The van der Waals surface area contributed by atoms with Gasteiger partial charge in [-0.15, -0.1) is 0 Å². The lowest BCUT2D eigenvalue weighted by molar-refractivity contribution is 0.0103. The Balaban J connectivity index is 1.31. The van der Waals surface area contributed by atoms with Gasteiger partial charge < -0.3 is 9.15 Å². The van der Waals surface area contributed by atoms with Crippen LogP contribution in [0.5, 0.6) is 0 Å². The van der Waals surface area contributed by atoms with Crippen LogP contribution < -0.4 is 0 Å². The van der Waals surface area contributed by atoms with E-state index in [1.54, 1.807) is 12.3 Å². The molecule has 0 N–H and O–H groups in total. The first kappa shape index (κ1) is 20.8. The van der Waals surface area contributed by atoms with Crippen molar-refractivity contribution in [2.75, 3.05) is 0 Å². The van der Waals surface area contributed by atoms with E-state index in [1.165, 1.54) is 25.1 Å². The summed E-state index contributed by atoms with van der Waals surface area (Å²) in [5, 5.41) is 2.59. The van der Waals surface area contributed by atoms with Crippen LogP contribution in [0.4, 0.5) is 0 Å². The van der Waals surface area contributed by atoms with Gasteiger partial charge in [0.25, 0.3) is 0 Å². The summed E-state index contributed by atoms with van der Waals surface area (Å²) in [6.07, 6.45) is 5.10. The molecule has 4 heteroatoms. The van der Waals surface area contributed by atoms with Gasteiger partial charge in [0.05, 0.1) is 11.8 Å². The Hall–Kier alpha value is -3.81. The summed E-state index contributed by atoms with van der Waals surface area (Å²) in [5.74, 6) is 6.49. The van der Waals surface area contributed by atoms with Gasteiger partial charge in [0.15, 0.2) is 25.7 Å². The summed E-state index contributed by atoms with van der Waals surface area (Å²) in [6, 6.07) is 28.7. The molecule has 0 saturated heterocycles. The normalized spacial score (nSPS) is 14.7. The molecule has 166 valence electrons. The van der Waals surface area contributed by atoms with Crippen molar-refractivity contribution in [2.24, 2.45) is 0 Å². The van der Waals surface area contributed by atoms with Crippen LogP contribution in [0.3, 0.4) is 0 Å². The molecule has 2 heterocycles. The quantitative estimate of drug-likeness (QED) is 0.155. The third-order valence-electron chi connectivity index (χ3n) is 6.46. The van der Waals surface area contributed by atoms with Gasteiger partial charge in [-0.1, -0.05) is 24.3 Å². The molecule has 0 unspecified atom stereocenters. The van der Waals surface area contributed by atoms with E-state index >= 15 is 0 Å². The molecule has 3 aromatic carbocycles. The minimum absolute atomic E-state index is 0.179. The lowest BCUT2D eigenvalue weighted by Crippen LogP contribution is -2.30. The summed E-state index contributed by atoms with van der Waals surface area (Å²) in [6.45, 7) is 0. The smallest absolute Gasteiger partial charge is 0.339 e. The highest BCUT2D eigenvalue weighted by atomic mass is 32.2. The summed E-state index contributed by atoms with van der Waals surface area (Å²) in [4.78, 5) is 14.3. The van der Waals surface area contributed by atoms with Crippen molar-refractivity contribution in [2.45, 2.75) is 31.3 Å². The molecule has 0 aliphatic heterocycles. The van der Waals surface area contributed by atoms with E-state index in [9.17, 15) is 4.79 Å². The van der Waals surface area contributed by atoms with E-state index < -0.39 is 5.60 Å². The number of hydrogen-bond donors (Lipinski definition) is 0. The van der Waals surface area contributed by atoms with Gasteiger partial charge in [0.2, 0.25) is 0 Å². The molecule has 0 radical (unpaired) electrons. The fourth-order valence-corrected chi connectivity index (χ4v) is 7.17. The predicted molar refractivity (Wildman–Crippen MR) is 137 cm³/mol. The number of thiophene rings is 1. The van der Waals surface area contributed by atoms with Gasteiger partial charge in [0.1, 0.15) is 0 Å². The fraction of sp³-hybridized carbons (Fsp3) is 0.167. The molecule has 0 atom stereocenters. The molecule has 1 fully saturated rings. The van der Waals surface area contributed by atoms with Gasteiger partial charge in [-0.05, 0) is 98.2 Å². The molecule has 1 aliphatic rings. The first-order chi connectivity index (χ1) is 16.7. The van der Waals surface area contributed by atoms with Crippen molar-refractivity contribution in [1.82, 2.24) is 0 Å². The largest absolute Gasteiger partial charge is 0.456 e. The second kappa shape index (κ2) is 8.52. The molecule has 1 aliphatic carbocycles. The molecule has 3 nitrogen and oxygen atoms in total. The van der Waals surface area contributed by atoms with E-state index in [4.69, 9.17) is 9.15 Å². The Bertz CT molecular complexity index is 1490. The maximum Gasteiger partial charge on any atom is 0.339 e. The highest BCUT2D eigenvalue weighted by molar-refractivity contribution is 7.50. The zero-order chi connectivity index (χ0) is 23.0. The topological polar surface area (TPSA) is 39.4 Å². The maximum atomic E-state index is 13.1. The Morgan fingerprint density at radius 2 is 1.47 bits per heavy atom. The van der Waals surface area contributed by atoms with E-state index in [2.05, 4.69) is 72.5 Å². The monoisotopic (exact) mass is 463 g/mol. The van der Waals surface area contributed by atoms with Crippen LogP contribution in [0, 0.1) is 11.8 Å². The average molecular weight is 464 g/mol. The summed E-state index contributed by atoms with van der Waals surface area (Å²) >= 11 is 0. The lowest BCUT2D eigenvalue weighted by Gasteiger charge is -2.23. The van der Waals surface area contributed by atoms with Crippen LogP contribution in [-0.4, -0.2) is 11.6 Å². The first-order valence-electron chi connectivity index (χ1n) is 11.6. The molecule has 0 amide bonds. The van der Waals surface area contributed by atoms with Crippen LogP contribution in [0.15, 0.2) is 95.6 Å². The highest BCUT2D eigenvalue weighted by Gasteiger charge is 2.36. The predicted octanol–water partition coefficient (Wildman–Crippen LogP) is 7.85. The van der Waals surface area contributed by atoms with Crippen LogP contribution in [0.1, 0.15) is 41.8 Å². The summed E-state index contributed by atoms with van der Waals surface area (Å²) in [5.41, 5.74) is -0.188. The number of esters is 1. The summed E-state index contributed by atoms with van der Waals surface area (Å²) in [7, 11) is -0.179. The first-order valence-corrected chi connectivity index (χ1v) is 12.8. The van der Waals surface area contributed by atoms with Crippen molar-refractivity contribution in [3.8, 4) is 16.7 Å². The minimum Gasteiger partial charge on any atom is -0.456 e. The number of carbonyl (C=O) groups is 1. The van der Waals surface area contributed by atoms with Crippen LogP contribution in [-0.2, 0) is 4.74 Å². The van der Waals surface area contributed by atoms with Crippen molar-refractivity contribution in [1.29, 1.82) is 0 Å². The van der Waals surface area contributed by atoms with Gasteiger partial charge in [-0.3, -0.25) is 0 Å². The van der Waals surface area contributed by atoms with Crippen LogP contribution in [0.2, 0.25) is 0 Å². The Kier molecular flexibility index (Phi) is 5.20. The van der Waals surface area contributed by atoms with E-state index in [-0.39, 0.29) is 16.4 Å². The number of benzene rings is 3. The Morgan fingerprint density at radius 1 is 0.824 bits per heavy atom. The molecular weight excluding hydrogens is 440 g/mol. The molecule has 2 aromatic heterocycles. The second-order valence-corrected chi connectivity index (χ2v) is 10.6. The Labute approximate surface area is 200 Å². The Morgan fingerprint density at radius 3 is 2.09 bits per heavy atom.